The zero-order valence-corrected chi connectivity index (χ0v) is 14.7. The zero-order valence-electron chi connectivity index (χ0n) is 9.50. The van der Waals surface area contributed by atoms with Gasteiger partial charge in [-0.15, -0.1) is 49.1 Å². The molecule has 0 heterocycles. The Bertz CT molecular complexity index is 312. The molecule has 2 aromatic rings. The predicted octanol–water partition coefficient (Wildman–Crippen LogP) is 4.58. The van der Waals surface area contributed by atoms with Gasteiger partial charge in [0.1, 0.15) is 0 Å². The molecule has 0 N–H and O–H groups in total. The van der Waals surface area contributed by atoms with Gasteiger partial charge in [-0.2, -0.15) is 49.2 Å². The molecule has 0 saturated carbocycles. The maximum atomic E-state index is 3.72. The van der Waals surface area contributed by atoms with E-state index in [2.05, 4.69) is 13.8 Å². The molecule has 0 spiro atoms. The van der Waals surface area contributed by atoms with Crippen LogP contribution in [0.1, 0.15) is 11.1 Å². The first-order valence-electron chi connectivity index (χ1n) is 4.53. The van der Waals surface area contributed by atoms with Gasteiger partial charge in [-0.3, -0.25) is 0 Å². The van der Waals surface area contributed by atoms with E-state index in [9.17, 15) is 0 Å². The van der Waals surface area contributed by atoms with E-state index in [0.717, 1.165) is 11.1 Å². The third-order valence-electron chi connectivity index (χ3n) is 1.69. The average molecular weight is 434 g/mol. The van der Waals surface area contributed by atoms with Crippen molar-refractivity contribution in [1.29, 1.82) is 0 Å². The second-order valence-corrected chi connectivity index (χ2v) is 2.97. The van der Waals surface area contributed by atoms with Gasteiger partial charge in [0.25, 0.3) is 0 Å². The second kappa shape index (κ2) is 13.7. The summed E-state index contributed by atoms with van der Waals surface area (Å²) in [5.74, 6) is 0. The number of benzene rings is 2. The molecule has 17 heavy (non-hydrogen) atoms. The van der Waals surface area contributed by atoms with Crippen LogP contribution in [0.4, 0.5) is 0 Å². The van der Waals surface area contributed by atoms with Crippen LogP contribution in [0.15, 0.2) is 60.7 Å². The Morgan fingerprint density at radius 1 is 0.529 bits per heavy atom. The van der Waals surface area contributed by atoms with Crippen LogP contribution in [0.5, 0.6) is 0 Å². The average Bonchev–Trinajstić information content (AvgIpc) is 2.21. The number of hydrogen-bond donors (Lipinski definition) is 0. The molecule has 0 bridgehead atoms. The Hall–Kier alpha value is -0.370. The van der Waals surface area contributed by atoms with Gasteiger partial charge in [0, 0.05) is 25.8 Å². The molecule has 0 aliphatic heterocycles. The number of rotatable bonds is 0. The summed E-state index contributed by atoms with van der Waals surface area (Å²) in [7, 11) is 0. The van der Waals surface area contributed by atoms with E-state index in [0.29, 0.717) is 0 Å². The molecule has 0 aromatic heterocycles. The minimum Gasteiger partial charge on any atom is -0.199 e. The van der Waals surface area contributed by atoms with Gasteiger partial charge in [0.2, 0.25) is 0 Å². The summed E-state index contributed by atoms with van der Waals surface area (Å²) in [5.41, 5.74) is 2.14. The van der Waals surface area contributed by atoms with Gasteiger partial charge in [-0.05, 0) is 0 Å². The fraction of sp³-hybridized carbons (Fsp3) is 0. The Labute approximate surface area is 135 Å². The smallest absolute Gasteiger partial charge is 0 e. The third kappa shape index (κ3) is 11.9. The summed E-state index contributed by atoms with van der Waals surface area (Å²) in [4.78, 5) is 0. The van der Waals surface area contributed by atoms with Gasteiger partial charge in [-0.25, -0.2) is 0 Å². The largest absolute Gasteiger partial charge is 0.199 e. The maximum absolute atomic E-state index is 3.72. The second-order valence-electron chi connectivity index (χ2n) is 2.97. The van der Waals surface area contributed by atoms with E-state index in [1.54, 1.807) is 0 Å². The molecule has 0 aliphatic carbocycles. The predicted molar refractivity (Wildman–Crippen MR) is 76.3 cm³/mol. The quantitative estimate of drug-likeness (QED) is 0.421. The monoisotopic (exact) mass is 434 g/mol. The van der Waals surface area contributed by atoms with Crippen molar-refractivity contribution >= 4 is 24.8 Å². The van der Waals surface area contributed by atoms with Gasteiger partial charge >= 0.3 is 0 Å². The molecule has 2 rings (SSSR count). The van der Waals surface area contributed by atoms with E-state index in [1.165, 1.54) is 0 Å². The minimum absolute atomic E-state index is 0. The van der Waals surface area contributed by atoms with E-state index in [4.69, 9.17) is 0 Å². The summed E-state index contributed by atoms with van der Waals surface area (Å²) >= 11 is 0. The van der Waals surface area contributed by atoms with E-state index < -0.39 is 0 Å². The molecule has 0 nitrogen and oxygen atoms in total. The minimum atomic E-state index is 0. The summed E-state index contributed by atoms with van der Waals surface area (Å²) in [5, 5.41) is 0. The molecular weight excluding hydrogens is 418 g/mol. The first-order valence-corrected chi connectivity index (χ1v) is 4.53. The molecule has 0 unspecified atom stereocenters. The van der Waals surface area contributed by atoms with Crippen molar-refractivity contribution in [2.75, 3.05) is 0 Å². The third-order valence-corrected chi connectivity index (χ3v) is 1.69. The Morgan fingerprint density at radius 3 is 0.882 bits per heavy atom. The standard InChI is InChI=1S/2C7H7.2ClH.Hf/c2*1-7-5-3-2-4-6-7;;;/h2*2-6H,1H2;2*1H;/q2*-1;;;. The molecule has 3 heteroatoms. The molecule has 0 fully saturated rings. The van der Waals surface area contributed by atoms with Crippen LogP contribution in [-0.4, -0.2) is 0 Å². The summed E-state index contributed by atoms with van der Waals surface area (Å²) < 4.78 is 0. The first kappa shape index (κ1) is 21.9. The first-order chi connectivity index (χ1) is 6.79. The van der Waals surface area contributed by atoms with Crippen LogP contribution in [0.2, 0.25) is 0 Å². The van der Waals surface area contributed by atoms with E-state index in [-0.39, 0.29) is 50.7 Å². The van der Waals surface area contributed by atoms with Crippen LogP contribution >= 0.6 is 24.8 Å². The van der Waals surface area contributed by atoms with Gasteiger partial charge in [0.15, 0.2) is 0 Å². The van der Waals surface area contributed by atoms with Crippen molar-refractivity contribution in [3.63, 3.8) is 0 Å². The molecule has 92 valence electrons. The van der Waals surface area contributed by atoms with Crippen molar-refractivity contribution in [2.45, 2.75) is 0 Å². The van der Waals surface area contributed by atoms with Gasteiger partial charge in [0.05, 0.1) is 0 Å². The van der Waals surface area contributed by atoms with Crippen molar-refractivity contribution < 1.29 is 25.8 Å². The molecule has 0 amide bonds. The zero-order chi connectivity index (χ0) is 10.2. The fourth-order valence-corrected chi connectivity index (χ4v) is 0.956. The molecule has 0 atom stereocenters. The Kier molecular flexibility index (Phi) is 17.6. The topological polar surface area (TPSA) is 0 Å². The van der Waals surface area contributed by atoms with Crippen LogP contribution in [0, 0.1) is 13.8 Å². The number of hydrogen-bond acceptors (Lipinski definition) is 0. The Morgan fingerprint density at radius 2 is 0.765 bits per heavy atom. The molecule has 0 radical (unpaired) electrons. The molecular formula is C14H16Cl2Hf-2. The summed E-state index contributed by atoms with van der Waals surface area (Å²) in [6.07, 6.45) is 0. The van der Waals surface area contributed by atoms with E-state index in [1.807, 2.05) is 60.7 Å². The molecule has 0 aliphatic rings. The maximum Gasteiger partial charge on any atom is 0 e. The van der Waals surface area contributed by atoms with Crippen molar-refractivity contribution in [1.82, 2.24) is 0 Å². The normalized spacial score (nSPS) is 7.06. The number of halogens is 2. The van der Waals surface area contributed by atoms with Crippen LogP contribution < -0.4 is 0 Å². The van der Waals surface area contributed by atoms with Crippen LogP contribution in [0.25, 0.3) is 0 Å². The van der Waals surface area contributed by atoms with Crippen LogP contribution in [-0.2, 0) is 25.8 Å². The van der Waals surface area contributed by atoms with Crippen molar-refractivity contribution in [3.8, 4) is 0 Å². The SMILES string of the molecule is Cl.Cl.[CH2-]c1ccccc1.[CH2-]c1ccccc1.[Hf]. The van der Waals surface area contributed by atoms with Gasteiger partial charge < -0.3 is 0 Å². The Balaban J connectivity index is -0.000000196. The molecule has 0 saturated heterocycles. The summed E-state index contributed by atoms with van der Waals surface area (Å²) in [6, 6.07) is 19.7. The fourth-order valence-electron chi connectivity index (χ4n) is 0.956. The van der Waals surface area contributed by atoms with Crippen LogP contribution in [0.3, 0.4) is 0 Å². The summed E-state index contributed by atoms with van der Waals surface area (Å²) in [6.45, 7) is 7.44. The van der Waals surface area contributed by atoms with Gasteiger partial charge in [-0.1, -0.05) is 12.1 Å². The van der Waals surface area contributed by atoms with Crippen molar-refractivity contribution in [3.05, 3.63) is 85.6 Å². The van der Waals surface area contributed by atoms with Crippen molar-refractivity contribution in [2.24, 2.45) is 0 Å². The van der Waals surface area contributed by atoms with E-state index >= 15 is 0 Å². The molecule has 2 aromatic carbocycles.